The van der Waals surface area contributed by atoms with Crippen molar-refractivity contribution in [1.29, 1.82) is 0 Å². The number of nitrogens with zero attached hydrogens (tertiary/aromatic N) is 1. The Hall–Kier alpha value is -2.15. The van der Waals surface area contributed by atoms with Gasteiger partial charge in [0.1, 0.15) is 17.3 Å². The van der Waals surface area contributed by atoms with Gasteiger partial charge >= 0.3 is 6.61 Å². The fourth-order valence-electron chi connectivity index (χ4n) is 1.91. The van der Waals surface area contributed by atoms with Crippen molar-refractivity contribution in [2.75, 3.05) is 7.11 Å². The number of H-pyrrole nitrogens is 1. The summed E-state index contributed by atoms with van der Waals surface area (Å²) in [5.74, 6) is 1.48. The van der Waals surface area contributed by atoms with Crippen LogP contribution < -0.4 is 14.8 Å². The van der Waals surface area contributed by atoms with E-state index in [1.165, 1.54) is 13.2 Å². The fraction of sp³-hybridized carbons (Fsp3) is 0.357. The predicted octanol–water partition coefficient (Wildman–Crippen LogP) is 2.87. The molecule has 1 aromatic heterocycles. The highest BCUT2D eigenvalue weighted by atomic mass is 19.3. The summed E-state index contributed by atoms with van der Waals surface area (Å²) < 4.78 is 34.5. The van der Waals surface area contributed by atoms with Crippen molar-refractivity contribution in [2.45, 2.75) is 26.1 Å². The summed E-state index contributed by atoms with van der Waals surface area (Å²) in [4.78, 5) is 7.13. The van der Waals surface area contributed by atoms with Crippen molar-refractivity contribution < 1.29 is 18.3 Å². The second kappa shape index (κ2) is 7.03. The van der Waals surface area contributed by atoms with Gasteiger partial charge in [0.25, 0.3) is 0 Å². The topological polar surface area (TPSA) is 59.2 Å². The fourth-order valence-corrected chi connectivity index (χ4v) is 1.91. The molecule has 0 aliphatic carbocycles. The normalized spacial score (nSPS) is 12.4. The molecule has 1 atom stereocenters. The molecule has 0 radical (unpaired) electrons. The average Bonchev–Trinajstić information content (AvgIpc) is 2.99. The van der Waals surface area contributed by atoms with E-state index >= 15 is 0 Å². The Kier molecular flexibility index (Phi) is 5.10. The third kappa shape index (κ3) is 4.16. The molecule has 0 spiro atoms. The van der Waals surface area contributed by atoms with Crippen LogP contribution in [0.15, 0.2) is 30.6 Å². The van der Waals surface area contributed by atoms with Gasteiger partial charge in [-0.1, -0.05) is 0 Å². The number of alkyl halides is 2. The van der Waals surface area contributed by atoms with E-state index in [-0.39, 0.29) is 11.8 Å². The number of nitrogens with one attached hydrogen (secondary N) is 2. The number of imidazole rings is 1. The SMILES string of the molecule is COc1ccc(OC(F)F)c(CNC(C)c2ncc[nH]2)c1. The van der Waals surface area contributed by atoms with Gasteiger partial charge in [0.2, 0.25) is 0 Å². The predicted molar refractivity (Wildman–Crippen MR) is 73.5 cm³/mol. The van der Waals surface area contributed by atoms with Crippen LogP contribution in [0.5, 0.6) is 11.5 Å². The number of hydrogen-bond acceptors (Lipinski definition) is 4. The quantitative estimate of drug-likeness (QED) is 0.825. The van der Waals surface area contributed by atoms with Crippen molar-refractivity contribution in [3.63, 3.8) is 0 Å². The molecular weight excluding hydrogens is 280 g/mol. The van der Waals surface area contributed by atoms with E-state index in [1.54, 1.807) is 24.5 Å². The summed E-state index contributed by atoms with van der Waals surface area (Å²) in [5, 5.41) is 3.19. The zero-order valence-electron chi connectivity index (χ0n) is 11.8. The zero-order valence-corrected chi connectivity index (χ0v) is 11.8. The lowest BCUT2D eigenvalue weighted by atomic mass is 10.1. The lowest BCUT2D eigenvalue weighted by molar-refractivity contribution is -0.0505. The second-order valence-corrected chi connectivity index (χ2v) is 4.43. The first kappa shape index (κ1) is 15.2. The summed E-state index contributed by atoms with van der Waals surface area (Å²) in [6, 6.07) is 4.67. The molecule has 21 heavy (non-hydrogen) atoms. The lowest BCUT2D eigenvalue weighted by Gasteiger charge is -2.15. The first-order valence-electron chi connectivity index (χ1n) is 6.44. The van der Waals surface area contributed by atoms with Crippen LogP contribution in [0.3, 0.4) is 0 Å². The van der Waals surface area contributed by atoms with Crippen LogP contribution in [0.1, 0.15) is 24.4 Å². The van der Waals surface area contributed by atoms with Crippen LogP contribution in [0, 0.1) is 0 Å². The maximum Gasteiger partial charge on any atom is 0.387 e. The molecule has 0 fully saturated rings. The van der Waals surface area contributed by atoms with Gasteiger partial charge in [-0.15, -0.1) is 0 Å². The van der Waals surface area contributed by atoms with E-state index in [4.69, 9.17) is 4.74 Å². The molecule has 1 unspecified atom stereocenters. The third-order valence-electron chi connectivity index (χ3n) is 3.01. The van der Waals surface area contributed by atoms with Gasteiger partial charge in [0.15, 0.2) is 0 Å². The maximum atomic E-state index is 12.4. The molecule has 0 saturated heterocycles. The van der Waals surface area contributed by atoms with Crippen molar-refractivity contribution in [3.05, 3.63) is 42.0 Å². The van der Waals surface area contributed by atoms with Crippen LogP contribution in [0.25, 0.3) is 0 Å². The van der Waals surface area contributed by atoms with Gasteiger partial charge in [-0.3, -0.25) is 0 Å². The van der Waals surface area contributed by atoms with Gasteiger partial charge in [-0.2, -0.15) is 8.78 Å². The number of methoxy groups -OCH3 is 1. The number of hydrogen-bond donors (Lipinski definition) is 2. The average molecular weight is 297 g/mol. The van der Waals surface area contributed by atoms with E-state index in [2.05, 4.69) is 20.0 Å². The number of ether oxygens (including phenoxy) is 2. The minimum Gasteiger partial charge on any atom is -0.497 e. The second-order valence-electron chi connectivity index (χ2n) is 4.43. The Labute approximate surface area is 121 Å². The number of rotatable bonds is 7. The Morgan fingerprint density at radius 1 is 1.38 bits per heavy atom. The molecule has 2 N–H and O–H groups in total. The molecule has 0 aliphatic heterocycles. The van der Waals surface area contributed by atoms with Crippen LogP contribution in [0.2, 0.25) is 0 Å². The van der Waals surface area contributed by atoms with Crippen molar-refractivity contribution >= 4 is 0 Å². The molecule has 0 aliphatic rings. The van der Waals surface area contributed by atoms with Crippen molar-refractivity contribution in [3.8, 4) is 11.5 Å². The van der Waals surface area contributed by atoms with E-state index in [0.29, 0.717) is 17.9 Å². The highest BCUT2D eigenvalue weighted by molar-refractivity contribution is 5.40. The third-order valence-corrected chi connectivity index (χ3v) is 3.01. The Morgan fingerprint density at radius 2 is 2.19 bits per heavy atom. The van der Waals surface area contributed by atoms with E-state index < -0.39 is 6.61 Å². The van der Waals surface area contributed by atoms with Gasteiger partial charge < -0.3 is 19.8 Å². The smallest absolute Gasteiger partial charge is 0.387 e. The number of aromatic amines is 1. The molecule has 0 bridgehead atoms. The molecular formula is C14H17F2N3O2. The summed E-state index contributed by atoms with van der Waals surface area (Å²) in [7, 11) is 1.52. The van der Waals surface area contributed by atoms with Crippen LogP contribution in [0.4, 0.5) is 8.78 Å². The Bertz CT molecular complexity index is 561. The maximum absolute atomic E-state index is 12.4. The molecule has 2 rings (SSSR count). The highest BCUT2D eigenvalue weighted by Crippen LogP contribution is 2.26. The standard InChI is InChI=1S/C14H17F2N3O2/c1-9(13-17-5-6-18-13)19-8-10-7-11(20-2)3-4-12(10)21-14(15)16/h3-7,9,14,19H,8H2,1-2H3,(H,17,18). The largest absolute Gasteiger partial charge is 0.497 e. The zero-order chi connectivity index (χ0) is 15.2. The number of halogens is 2. The first-order valence-corrected chi connectivity index (χ1v) is 6.44. The number of benzene rings is 1. The molecule has 1 heterocycles. The minimum absolute atomic E-state index is 0.0504. The molecule has 114 valence electrons. The number of aromatic nitrogens is 2. The monoisotopic (exact) mass is 297 g/mol. The molecule has 1 aromatic carbocycles. The molecule has 5 nitrogen and oxygen atoms in total. The van der Waals surface area contributed by atoms with Gasteiger partial charge in [0, 0.05) is 24.5 Å². The van der Waals surface area contributed by atoms with Gasteiger partial charge in [-0.25, -0.2) is 4.98 Å². The molecule has 0 saturated carbocycles. The molecule has 7 heteroatoms. The first-order chi connectivity index (χ1) is 10.1. The van der Waals surface area contributed by atoms with Crippen molar-refractivity contribution in [1.82, 2.24) is 15.3 Å². The van der Waals surface area contributed by atoms with Gasteiger partial charge in [-0.05, 0) is 25.1 Å². The van der Waals surface area contributed by atoms with Crippen LogP contribution >= 0.6 is 0 Å². The summed E-state index contributed by atoms with van der Waals surface area (Å²) >= 11 is 0. The highest BCUT2D eigenvalue weighted by Gasteiger charge is 2.13. The Balaban J connectivity index is 2.09. The molecule has 0 amide bonds. The molecule has 2 aromatic rings. The summed E-state index contributed by atoms with van der Waals surface area (Å²) in [6.07, 6.45) is 3.38. The summed E-state index contributed by atoms with van der Waals surface area (Å²) in [5.41, 5.74) is 0.591. The summed E-state index contributed by atoms with van der Waals surface area (Å²) in [6.45, 7) is -0.590. The van der Waals surface area contributed by atoms with E-state index in [0.717, 1.165) is 5.82 Å². The van der Waals surface area contributed by atoms with E-state index in [1.807, 2.05) is 6.92 Å². The van der Waals surface area contributed by atoms with E-state index in [9.17, 15) is 8.78 Å². The minimum atomic E-state index is -2.86. The lowest BCUT2D eigenvalue weighted by Crippen LogP contribution is -2.20. The Morgan fingerprint density at radius 3 is 2.81 bits per heavy atom. The van der Waals surface area contributed by atoms with Gasteiger partial charge in [0.05, 0.1) is 13.2 Å². The van der Waals surface area contributed by atoms with Crippen molar-refractivity contribution in [2.24, 2.45) is 0 Å². The van der Waals surface area contributed by atoms with Crippen LogP contribution in [-0.2, 0) is 6.54 Å². The van der Waals surface area contributed by atoms with Crippen LogP contribution in [-0.4, -0.2) is 23.7 Å².